The van der Waals surface area contributed by atoms with E-state index >= 15 is 0 Å². The van der Waals surface area contributed by atoms with Gasteiger partial charge in [-0.1, -0.05) is 77.0 Å². The van der Waals surface area contributed by atoms with Gasteiger partial charge in [-0.25, -0.2) is 0 Å². The normalized spacial score (nSPS) is 18.9. The van der Waals surface area contributed by atoms with Crippen molar-refractivity contribution in [2.75, 3.05) is 6.61 Å². The highest BCUT2D eigenvalue weighted by Gasteiger charge is 2.33. The average Bonchev–Trinajstić information content (AvgIpc) is 3.26. The molecule has 2 unspecified atom stereocenters. The average molecular weight is 487 g/mol. The largest absolute Gasteiger partial charge is 0.481 e. The van der Waals surface area contributed by atoms with Gasteiger partial charge < -0.3 is 9.84 Å². The van der Waals surface area contributed by atoms with Crippen LogP contribution in [0.4, 0.5) is 13.2 Å². The first-order chi connectivity index (χ1) is 16.3. The Labute approximate surface area is 204 Å². The number of benzene rings is 1. The number of rotatable bonds is 15. The van der Waals surface area contributed by atoms with Gasteiger partial charge in [-0.05, 0) is 62.5 Å². The summed E-state index contributed by atoms with van der Waals surface area (Å²) >= 11 is 0. The van der Waals surface area contributed by atoms with Gasteiger partial charge >= 0.3 is 12.1 Å². The maximum atomic E-state index is 13.3. The molecule has 1 aromatic carbocycles. The van der Waals surface area contributed by atoms with Crippen LogP contribution >= 0.6 is 0 Å². The number of carboxylic acids is 1. The van der Waals surface area contributed by atoms with Crippen molar-refractivity contribution in [3.63, 3.8) is 0 Å². The summed E-state index contributed by atoms with van der Waals surface area (Å²) in [4.78, 5) is 10.6. The molecule has 0 radical (unpaired) electrons. The lowest BCUT2D eigenvalue weighted by Crippen LogP contribution is -2.18. The molecular weight excluding hydrogens is 441 g/mol. The van der Waals surface area contributed by atoms with Gasteiger partial charge in [0.1, 0.15) is 0 Å². The number of hydrogen-bond acceptors (Lipinski definition) is 2. The monoisotopic (exact) mass is 486 g/mol. The fraction of sp³-hybridized carbons (Fsp3) is 0.750. The molecule has 0 saturated heterocycles. The second kappa shape index (κ2) is 17.0. The van der Waals surface area contributed by atoms with Crippen molar-refractivity contribution in [1.82, 2.24) is 0 Å². The molecular formula is C28H45F3O3. The number of carboxylic acid groups (broad SMARTS) is 1. The quantitative estimate of drug-likeness (QED) is 0.252. The van der Waals surface area contributed by atoms with E-state index in [0.717, 1.165) is 50.5 Å². The zero-order chi connectivity index (χ0) is 25.4. The molecule has 0 aromatic heterocycles. The fourth-order valence-electron chi connectivity index (χ4n) is 5.19. The predicted octanol–water partition coefficient (Wildman–Crippen LogP) is 8.69. The number of halogens is 3. The Morgan fingerprint density at radius 1 is 1.03 bits per heavy atom. The van der Waals surface area contributed by atoms with Crippen molar-refractivity contribution in [3.05, 3.63) is 35.4 Å². The predicted molar refractivity (Wildman–Crippen MR) is 132 cm³/mol. The van der Waals surface area contributed by atoms with Crippen LogP contribution in [0.25, 0.3) is 0 Å². The molecule has 0 amide bonds. The molecule has 1 aromatic rings. The van der Waals surface area contributed by atoms with Crippen LogP contribution in [0.15, 0.2) is 24.3 Å². The van der Waals surface area contributed by atoms with E-state index in [4.69, 9.17) is 9.84 Å². The highest BCUT2D eigenvalue weighted by molar-refractivity contribution is 5.66. The molecule has 1 aliphatic rings. The van der Waals surface area contributed by atoms with E-state index in [9.17, 15) is 18.0 Å². The molecule has 1 fully saturated rings. The summed E-state index contributed by atoms with van der Waals surface area (Å²) in [5.41, 5.74) is -0.180. The minimum Gasteiger partial charge on any atom is -0.481 e. The van der Waals surface area contributed by atoms with E-state index in [2.05, 4.69) is 0 Å². The maximum absolute atomic E-state index is 13.3. The minimum absolute atomic E-state index is 0.00133. The number of aryl methyl sites for hydroxylation is 1. The van der Waals surface area contributed by atoms with E-state index in [0.29, 0.717) is 30.9 Å². The van der Waals surface area contributed by atoms with Gasteiger partial charge in [0.15, 0.2) is 0 Å². The Morgan fingerprint density at radius 2 is 1.68 bits per heavy atom. The molecule has 196 valence electrons. The number of hydrogen-bond donors (Lipinski definition) is 1. The minimum atomic E-state index is -4.32. The van der Waals surface area contributed by atoms with Crippen LogP contribution in [0.5, 0.6) is 0 Å². The summed E-state index contributed by atoms with van der Waals surface area (Å²) < 4.78 is 45.7. The first-order valence-corrected chi connectivity index (χ1v) is 13.3. The Morgan fingerprint density at radius 3 is 2.32 bits per heavy atom. The maximum Gasteiger partial charge on any atom is 0.416 e. The molecule has 1 aliphatic carbocycles. The number of carbonyl (C=O) groups is 1. The van der Waals surface area contributed by atoms with Crippen LogP contribution in [-0.2, 0) is 22.1 Å². The van der Waals surface area contributed by atoms with Gasteiger partial charge in [-0.2, -0.15) is 13.2 Å². The standard InChI is InChI=1S/C26H39F3O3.C2H6/c1-2-32-23(19-17-22-11-7-8-14-24(22)26(27,28)29)18-16-21-13-9-12-20(21)10-5-3-4-6-15-25(30)31;1-2/h7-8,11,14,20-21,23H,2-6,9-10,12-13,15-19H2,1H3,(H,30,31);1-2H3/t20-,21?,23?;/m0./s1. The van der Waals surface area contributed by atoms with E-state index in [1.807, 2.05) is 20.8 Å². The number of alkyl halides is 3. The van der Waals surface area contributed by atoms with Crippen molar-refractivity contribution < 1.29 is 27.8 Å². The molecule has 1 saturated carbocycles. The number of aliphatic carboxylic acids is 1. The third kappa shape index (κ3) is 11.7. The van der Waals surface area contributed by atoms with Gasteiger partial charge in [0.2, 0.25) is 0 Å². The van der Waals surface area contributed by atoms with Gasteiger partial charge in [0, 0.05) is 13.0 Å². The summed E-state index contributed by atoms with van der Waals surface area (Å²) in [6.07, 6.45) is 7.87. The van der Waals surface area contributed by atoms with Crippen LogP contribution in [0, 0.1) is 11.8 Å². The summed E-state index contributed by atoms with van der Waals surface area (Å²) in [6, 6.07) is 5.86. The Kier molecular flexibility index (Phi) is 15.2. The van der Waals surface area contributed by atoms with E-state index < -0.39 is 17.7 Å². The summed E-state index contributed by atoms with van der Waals surface area (Å²) in [5.74, 6) is 0.689. The van der Waals surface area contributed by atoms with Gasteiger partial charge in [-0.15, -0.1) is 0 Å². The van der Waals surface area contributed by atoms with Crippen LogP contribution in [0.3, 0.4) is 0 Å². The van der Waals surface area contributed by atoms with Crippen molar-refractivity contribution in [2.24, 2.45) is 11.8 Å². The summed E-state index contributed by atoms with van der Waals surface area (Å²) in [6.45, 7) is 6.52. The van der Waals surface area contributed by atoms with Crippen LogP contribution in [-0.4, -0.2) is 23.8 Å². The third-order valence-electron chi connectivity index (χ3n) is 6.85. The highest BCUT2D eigenvalue weighted by Crippen LogP contribution is 2.39. The summed E-state index contributed by atoms with van der Waals surface area (Å²) in [5, 5.41) is 8.71. The lowest BCUT2D eigenvalue weighted by Gasteiger charge is -2.23. The Balaban J connectivity index is 0.00000281. The highest BCUT2D eigenvalue weighted by atomic mass is 19.4. The van der Waals surface area contributed by atoms with Crippen molar-refractivity contribution >= 4 is 5.97 Å². The lowest BCUT2D eigenvalue weighted by molar-refractivity contribution is -0.138. The summed E-state index contributed by atoms with van der Waals surface area (Å²) in [7, 11) is 0. The third-order valence-corrected chi connectivity index (χ3v) is 6.85. The molecule has 6 heteroatoms. The second-order valence-electron chi connectivity index (χ2n) is 9.15. The van der Waals surface area contributed by atoms with Crippen molar-refractivity contribution in [3.8, 4) is 0 Å². The molecule has 0 spiro atoms. The zero-order valence-corrected chi connectivity index (χ0v) is 21.3. The molecule has 34 heavy (non-hydrogen) atoms. The molecule has 3 atom stereocenters. The molecule has 1 N–H and O–H groups in total. The van der Waals surface area contributed by atoms with Gasteiger partial charge in [-0.3, -0.25) is 4.79 Å². The number of unbranched alkanes of at least 4 members (excludes halogenated alkanes) is 3. The Bertz CT molecular complexity index is 675. The molecule has 0 heterocycles. The van der Waals surface area contributed by atoms with Gasteiger partial charge in [0.25, 0.3) is 0 Å². The topological polar surface area (TPSA) is 46.5 Å². The SMILES string of the molecule is CC.CCOC(CCc1ccccc1C(F)(F)F)CCC1CCC[C@@H]1CCCCCCC(=O)O. The lowest BCUT2D eigenvalue weighted by atomic mass is 9.86. The smallest absolute Gasteiger partial charge is 0.416 e. The van der Waals surface area contributed by atoms with Gasteiger partial charge in [0.05, 0.1) is 11.7 Å². The van der Waals surface area contributed by atoms with Crippen molar-refractivity contribution in [1.29, 1.82) is 0 Å². The fourth-order valence-corrected chi connectivity index (χ4v) is 5.19. The molecule has 0 bridgehead atoms. The van der Waals surface area contributed by atoms with Crippen molar-refractivity contribution in [2.45, 2.75) is 117 Å². The first-order valence-electron chi connectivity index (χ1n) is 13.3. The molecule has 0 aliphatic heterocycles. The van der Waals surface area contributed by atoms with Crippen LogP contribution in [0.2, 0.25) is 0 Å². The van der Waals surface area contributed by atoms with Crippen LogP contribution in [0.1, 0.15) is 109 Å². The molecule has 2 rings (SSSR count). The Hall–Kier alpha value is -1.56. The number of ether oxygens (including phenoxy) is 1. The van der Waals surface area contributed by atoms with E-state index in [1.54, 1.807) is 12.1 Å². The second-order valence-corrected chi connectivity index (χ2v) is 9.15. The van der Waals surface area contributed by atoms with E-state index in [1.165, 1.54) is 31.7 Å². The van der Waals surface area contributed by atoms with Crippen LogP contribution < -0.4 is 0 Å². The molecule has 3 nitrogen and oxygen atoms in total. The zero-order valence-electron chi connectivity index (χ0n) is 21.3. The first kappa shape index (κ1) is 30.5. The van der Waals surface area contributed by atoms with E-state index in [-0.39, 0.29) is 12.5 Å².